The van der Waals surface area contributed by atoms with Crippen LogP contribution in [0, 0.1) is 17.7 Å². The highest BCUT2D eigenvalue weighted by Gasteiger charge is 2.12. The van der Waals surface area contributed by atoms with Crippen LogP contribution in [0.4, 0.5) is 10.1 Å². The third kappa shape index (κ3) is 4.06. The van der Waals surface area contributed by atoms with Gasteiger partial charge in [-0.05, 0) is 36.4 Å². The van der Waals surface area contributed by atoms with Gasteiger partial charge < -0.3 is 11.1 Å². The SMILES string of the molecule is NCC#Cc1ccc(C(=O)Nc2cccc(Cl)c2)c(F)c1. The highest BCUT2D eigenvalue weighted by Crippen LogP contribution is 2.17. The molecule has 0 aliphatic rings. The van der Waals surface area contributed by atoms with Gasteiger partial charge in [-0.25, -0.2) is 4.39 Å². The van der Waals surface area contributed by atoms with Crippen LogP contribution in [0.3, 0.4) is 0 Å². The molecule has 0 atom stereocenters. The van der Waals surface area contributed by atoms with Gasteiger partial charge in [-0.15, -0.1) is 0 Å². The monoisotopic (exact) mass is 302 g/mol. The van der Waals surface area contributed by atoms with Crippen LogP contribution in [0.15, 0.2) is 42.5 Å². The predicted octanol–water partition coefficient (Wildman–Crippen LogP) is 3.04. The Bertz CT molecular complexity index is 735. The Morgan fingerprint density at radius 1 is 1.29 bits per heavy atom. The number of rotatable bonds is 2. The van der Waals surface area contributed by atoms with Gasteiger partial charge in [0.25, 0.3) is 5.91 Å². The lowest BCUT2D eigenvalue weighted by atomic mass is 10.1. The van der Waals surface area contributed by atoms with E-state index in [1.165, 1.54) is 12.1 Å². The summed E-state index contributed by atoms with van der Waals surface area (Å²) < 4.78 is 13.9. The van der Waals surface area contributed by atoms with Crippen LogP contribution in [-0.2, 0) is 0 Å². The first-order valence-electron chi connectivity index (χ1n) is 6.15. The molecular formula is C16H12ClFN2O. The van der Waals surface area contributed by atoms with Gasteiger partial charge in [0.2, 0.25) is 0 Å². The summed E-state index contributed by atoms with van der Waals surface area (Å²) in [5.74, 6) is 4.14. The summed E-state index contributed by atoms with van der Waals surface area (Å²) in [4.78, 5) is 12.0. The van der Waals surface area contributed by atoms with Crippen LogP contribution in [0.5, 0.6) is 0 Å². The number of carbonyl (C=O) groups excluding carboxylic acids is 1. The van der Waals surface area contributed by atoms with Crippen molar-refractivity contribution in [2.75, 3.05) is 11.9 Å². The first kappa shape index (κ1) is 15.0. The second-order valence-corrected chi connectivity index (χ2v) is 4.60. The second-order valence-electron chi connectivity index (χ2n) is 4.16. The number of nitrogens with two attached hydrogens (primary N) is 1. The van der Waals surface area contributed by atoms with Gasteiger partial charge >= 0.3 is 0 Å². The third-order valence-electron chi connectivity index (χ3n) is 2.63. The Morgan fingerprint density at radius 3 is 2.76 bits per heavy atom. The average Bonchev–Trinajstić information content (AvgIpc) is 2.45. The van der Waals surface area contributed by atoms with Crippen LogP contribution in [-0.4, -0.2) is 12.5 Å². The zero-order valence-corrected chi connectivity index (χ0v) is 11.7. The third-order valence-corrected chi connectivity index (χ3v) is 2.87. The van der Waals surface area contributed by atoms with Gasteiger partial charge in [0.15, 0.2) is 0 Å². The molecule has 0 aliphatic heterocycles. The van der Waals surface area contributed by atoms with E-state index in [9.17, 15) is 9.18 Å². The largest absolute Gasteiger partial charge is 0.322 e. The van der Waals surface area contributed by atoms with E-state index in [4.69, 9.17) is 17.3 Å². The van der Waals surface area contributed by atoms with E-state index in [0.717, 1.165) is 0 Å². The molecule has 3 N–H and O–H groups in total. The quantitative estimate of drug-likeness (QED) is 0.838. The standard InChI is InChI=1S/C16H12ClFN2O/c17-12-4-1-5-13(10-12)20-16(21)14-7-6-11(3-2-8-19)9-15(14)18/h1,4-7,9-10H,8,19H2,(H,20,21). The van der Waals surface area contributed by atoms with Gasteiger partial charge in [0.1, 0.15) is 5.82 Å². The van der Waals surface area contributed by atoms with Crippen molar-refractivity contribution in [3.63, 3.8) is 0 Å². The minimum Gasteiger partial charge on any atom is -0.322 e. The summed E-state index contributed by atoms with van der Waals surface area (Å²) in [6, 6.07) is 10.8. The normalized spacial score (nSPS) is 9.67. The number of carbonyl (C=O) groups is 1. The van der Waals surface area contributed by atoms with Crippen molar-refractivity contribution in [3.05, 3.63) is 64.4 Å². The molecular weight excluding hydrogens is 291 g/mol. The highest BCUT2D eigenvalue weighted by atomic mass is 35.5. The first-order chi connectivity index (χ1) is 10.1. The molecule has 5 heteroatoms. The van der Waals surface area contributed by atoms with Crippen LogP contribution in [0.1, 0.15) is 15.9 Å². The zero-order chi connectivity index (χ0) is 15.2. The van der Waals surface area contributed by atoms with Gasteiger partial charge in [0, 0.05) is 16.3 Å². The van der Waals surface area contributed by atoms with Crippen molar-refractivity contribution in [1.82, 2.24) is 0 Å². The molecule has 1 amide bonds. The Labute approximate surface area is 126 Å². The lowest BCUT2D eigenvalue weighted by Gasteiger charge is -2.06. The van der Waals surface area contributed by atoms with E-state index in [2.05, 4.69) is 17.2 Å². The summed E-state index contributed by atoms with van der Waals surface area (Å²) in [5, 5.41) is 3.07. The fourth-order valence-corrected chi connectivity index (χ4v) is 1.89. The number of anilines is 1. The van der Waals surface area contributed by atoms with Crippen LogP contribution in [0.25, 0.3) is 0 Å². The van der Waals surface area contributed by atoms with Gasteiger partial charge in [-0.3, -0.25) is 4.79 Å². The molecule has 0 heterocycles. The second kappa shape index (κ2) is 6.89. The number of halogens is 2. The van der Waals surface area contributed by atoms with Gasteiger partial charge in [-0.2, -0.15) is 0 Å². The number of hydrogen-bond acceptors (Lipinski definition) is 2. The molecule has 2 aromatic rings. The lowest BCUT2D eigenvalue weighted by Crippen LogP contribution is -2.13. The Balaban J connectivity index is 2.20. The maximum Gasteiger partial charge on any atom is 0.258 e. The Hall–Kier alpha value is -2.35. The fraction of sp³-hybridized carbons (Fsp3) is 0.0625. The molecule has 0 bridgehead atoms. The van der Waals surface area contributed by atoms with Crippen molar-refractivity contribution in [2.24, 2.45) is 5.73 Å². The Kier molecular flexibility index (Phi) is 4.94. The summed E-state index contributed by atoms with van der Waals surface area (Å²) in [6.07, 6.45) is 0. The van der Waals surface area contributed by atoms with Gasteiger partial charge in [0.05, 0.1) is 12.1 Å². The average molecular weight is 303 g/mol. The topological polar surface area (TPSA) is 55.1 Å². The maximum absolute atomic E-state index is 13.9. The summed E-state index contributed by atoms with van der Waals surface area (Å²) >= 11 is 5.82. The molecule has 0 unspecified atom stereocenters. The van der Waals surface area contributed by atoms with E-state index >= 15 is 0 Å². The molecule has 0 spiro atoms. The molecule has 0 radical (unpaired) electrons. The van der Waals surface area contributed by atoms with E-state index in [1.54, 1.807) is 30.3 Å². The summed E-state index contributed by atoms with van der Waals surface area (Å²) in [6.45, 7) is 0.193. The highest BCUT2D eigenvalue weighted by molar-refractivity contribution is 6.30. The first-order valence-corrected chi connectivity index (χ1v) is 6.53. The molecule has 0 saturated carbocycles. The van der Waals surface area contributed by atoms with Crippen molar-refractivity contribution in [3.8, 4) is 11.8 Å². The molecule has 0 fully saturated rings. The van der Waals surface area contributed by atoms with Crippen LogP contribution >= 0.6 is 11.6 Å². The molecule has 21 heavy (non-hydrogen) atoms. The van der Waals surface area contributed by atoms with Crippen molar-refractivity contribution < 1.29 is 9.18 Å². The molecule has 2 aromatic carbocycles. The van der Waals surface area contributed by atoms with E-state index in [-0.39, 0.29) is 12.1 Å². The van der Waals surface area contributed by atoms with E-state index in [1.807, 2.05) is 0 Å². The molecule has 0 saturated heterocycles. The molecule has 3 nitrogen and oxygen atoms in total. The molecule has 0 aromatic heterocycles. The number of amides is 1. The van der Waals surface area contributed by atoms with Crippen molar-refractivity contribution in [2.45, 2.75) is 0 Å². The minimum absolute atomic E-state index is 0.0618. The number of benzene rings is 2. The minimum atomic E-state index is -0.640. The lowest BCUT2D eigenvalue weighted by molar-refractivity contribution is 0.102. The van der Waals surface area contributed by atoms with E-state index in [0.29, 0.717) is 16.3 Å². The maximum atomic E-state index is 13.9. The zero-order valence-electron chi connectivity index (χ0n) is 11.0. The van der Waals surface area contributed by atoms with Crippen molar-refractivity contribution in [1.29, 1.82) is 0 Å². The van der Waals surface area contributed by atoms with Crippen molar-refractivity contribution >= 4 is 23.2 Å². The van der Waals surface area contributed by atoms with Crippen LogP contribution < -0.4 is 11.1 Å². The molecule has 2 rings (SSSR count). The number of hydrogen-bond donors (Lipinski definition) is 2. The van der Waals surface area contributed by atoms with Gasteiger partial charge in [-0.1, -0.05) is 29.5 Å². The smallest absolute Gasteiger partial charge is 0.258 e. The summed E-state index contributed by atoms with van der Waals surface area (Å²) in [5.41, 5.74) is 6.16. The Morgan fingerprint density at radius 2 is 2.10 bits per heavy atom. The fourth-order valence-electron chi connectivity index (χ4n) is 1.69. The predicted molar refractivity (Wildman–Crippen MR) is 81.7 cm³/mol. The van der Waals surface area contributed by atoms with E-state index < -0.39 is 11.7 Å². The summed E-state index contributed by atoms with van der Waals surface area (Å²) in [7, 11) is 0. The van der Waals surface area contributed by atoms with Crippen LogP contribution in [0.2, 0.25) is 5.02 Å². The number of nitrogens with one attached hydrogen (secondary N) is 1. The molecule has 106 valence electrons. The molecule has 0 aliphatic carbocycles.